The molecule has 1 aromatic heterocycles. The third-order valence-electron chi connectivity index (χ3n) is 5.56. The van der Waals surface area contributed by atoms with Crippen molar-refractivity contribution in [1.82, 2.24) is 15.1 Å². The van der Waals surface area contributed by atoms with E-state index in [1.54, 1.807) is 23.1 Å². The number of morpholine rings is 1. The van der Waals surface area contributed by atoms with Crippen LogP contribution in [0.25, 0.3) is 6.08 Å². The fraction of sp³-hybridized carbons (Fsp3) is 0.333. The van der Waals surface area contributed by atoms with Crippen molar-refractivity contribution in [1.29, 1.82) is 0 Å². The Morgan fingerprint density at radius 2 is 1.89 bits per heavy atom. The number of carbonyl (C=O) groups is 4. The van der Waals surface area contributed by atoms with Crippen LogP contribution < -0.4 is 14.8 Å². The number of hydrogen-bond donors (Lipinski definition) is 1. The first-order valence-electron chi connectivity index (χ1n) is 11.1. The lowest BCUT2D eigenvalue weighted by Crippen LogP contribution is -2.43. The first kappa shape index (κ1) is 24.8. The molecule has 1 aromatic carbocycles. The van der Waals surface area contributed by atoms with Gasteiger partial charge in [-0.05, 0) is 24.3 Å². The molecule has 12 nitrogen and oxygen atoms in total. The maximum absolute atomic E-state index is 13.0. The van der Waals surface area contributed by atoms with Crippen LogP contribution in [0.1, 0.15) is 21.9 Å². The molecule has 2 saturated heterocycles. The number of nitrogens with zero attached hydrogens (tertiary/aromatic N) is 2. The van der Waals surface area contributed by atoms with Crippen molar-refractivity contribution in [2.75, 3.05) is 47.1 Å². The molecule has 1 N–H and O–H groups in total. The number of ether oxygens (including phenoxy) is 4. The Morgan fingerprint density at radius 1 is 1.11 bits per heavy atom. The van der Waals surface area contributed by atoms with E-state index in [0.717, 1.165) is 4.90 Å². The van der Waals surface area contributed by atoms with Gasteiger partial charge in [0.15, 0.2) is 18.1 Å². The summed E-state index contributed by atoms with van der Waals surface area (Å²) in [7, 11) is 2.67. The number of nitrogens with one attached hydrogen (secondary N) is 1. The van der Waals surface area contributed by atoms with Gasteiger partial charge in [0.25, 0.3) is 11.8 Å². The number of esters is 1. The van der Waals surface area contributed by atoms with E-state index in [2.05, 4.69) is 10.1 Å². The molecule has 12 heteroatoms. The summed E-state index contributed by atoms with van der Waals surface area (Å²) in [5.41, 5.74) is 0.429. The zero-order valence-electron chi connectivity index (χ0n) is 19.8. The fourth-order valence-corrected chi connectivity index (χ4v) is 3.70. The molecule has 3 heterocycles. The second-order valence-electron chi connectivity index (χ2n) is 7.80. The van der Waals surface area contributed by atoms with Gasteiger partial charge in [0.2, 0.25) is 5.76 Å². The molecule has 190 valence electrons. The molecule has 2 fully saturated rings. The van der Waals surface area contributed by atoms with E-state index in [4.69, 9.17) is 18.6 Å². The van der Waals surface area contributed by atoms with Crippen LogP contribution in [0.3, 0.4) is 0 Å². The minimum Gasteiger partial charge on any atom is -0.493 e. The van der Waals surface area contributed by atoms with Gasteiger partial charge in [-0.25, -0.2) is 9.59 Å². The van der Waals surface area contributed by atoms with E-state index in [-0.39, 0.29) is 42.0 Å². The quantitative estimate of drug-likeness (QED) is 0.325. The Balaban J connectivity index is 1.51. The van der Waals surface area contributed by atoms with Crippen molar-refractivity contribution in [2.24, 2.45) is 0 Å². The van der Waals surface area contributed by atoms with Crippen LogP contribution in [0.15, 0.2) is 40.4 Å². The maximum Gasteiger partial charge on any atom is 0.373 e. The Hall–Kier alpha value is -4.32. The molecule has 0 spiro atoms. The van der Waals surface area contributed by atoms with Gasteiger partial charge in [-0.3, -0.25) is 14.5 Å². The molecule has 4 rings (SSSR count). The topological polar surface area (TPSA) is 137 Å². The van der Waals surface area contributed by atoms with Gasteiger partial charge in [-0.1, -0.05) is 12.1 Å². The summed E-state index contributed by atoms with van der Waals surface area (Å²) in [6.07, 6.45) is 1.44. The molecule has 2 aliphatic rings. The van der Waals surface area contributed by atoms with E-state index in [1.165, 1.54) is 32.4 Å². The van der Waals surface area contributed by atoms with Crippen molar-refractivity contribution in [3.63, 3.8) is 0 Å². The predicted octanol–water partition coefficient (Wildman–Crippen LogP) is 1.41. The van der Waals surface area contributed by atoms with Gasteiger partial charge < -0.3 is 33.6 Å². The van der Waals surface area contributed by atoms with Crippen LogP contribution in [0.2, 0.25) is 0 Å². The summed E-state index contributed by atoms with van der Waals surface area (Å²) >= 11 is 0. The molecule has 4 amide bonds. The van der Waals surface area contributed by atoms with Gasteiger partial charge >= 0.3 is 12.0 Å². The van der Waals surface area contributed by atoms with E-state index in [1.807, 2.05) is 0 Å². The van der Waals surface area contributed by atoms with Crippen molar-refractivity contribution in [3.05, 3.63) is 53.1 Å². The predicted molar refractivity (Wildman–Crippen MR) is 123 cm³/mol. The summed E-state index contributed by atoms with van der Waals surface area (Å²) < 4.78 is 26.4. The molecule has 0 unspecified atom stereocenters. The number of methoxy groups -OCH3 is 2. The van der Waals surface area contributed by atoms with Crippen LogP contribution in [-0.2, 0) is 25.6 Å². The minimum atomic E-state index is -0.670. The second kappa shape index (κ2) is 11.0. The summed E-state index contributed by atoms with van der Waals surface area (Å²) in [6, 6.07) is 7.24. The Bertz CT molecular complexity index is 1200. The Kier molecular flexibility index (Phi) is 7.54. The van der Waals surface area contributed by atoms with E-state index < -0.39 is 17.9 Å². The Labute approximate surface area is 206 Å². The van der Waals surface area contributed by atoms with E-state index in [9.17, 15) is 19.2 Å². The standard InChI is InChI=1S/C24H25N3O9/c1-32-18-5-3-4-15(21(18)35-14-20(28)26-8-10-34-11-9-26)12-17-22(29)27(24(31)25-17)13-16-6-7-19(36-16)23(30)33-2/h3-7,12H,8-11,13-14H2,1-2H3,(H,25,31). The number of carbonyl (C=O) groups excluding carboxylic acids is 4. The molecular formula is C24H25N3O9. The van der Waals surface area contributed by atoms with Gasteiger partial charge in [-0.15, -0.1) is 0 Å². The lowest BCUT2D eigenvalue weighted by atomic mass is 10.1. The summed E-state index contributed by atoms with van der Waals surface area (Å²) in [5, 5.41) is 2.52. The number of hydrogen-bond acceptors (Lipinski definition) is 9. The highest BCUT2D eigenvalue weighted by Crippen LogP contribution is 2.33. The summed E-state index contributed by atoms with van der Waals surface area (Å²) in [4.78, 5) is 52.1. The molecular weight excluding hydrogens is 474 g/mol. The number of para-hydroxylation sites is 1. The second-order valence-corrected chi connectivity index (χ2v) is 7.80. The molecule has 0 bridgehead atoms. The number of imide groups is 1. The third kappa shape index (κ3) is 5.33. The van der Waals surface area contributed by atoms with Crippen molar-refractivity contribution < 1.29 is 42.5 Å². The third-order valence-corrected chi connectivity index (χ3v) is 5.56. The smallest absolute Gasteiger partial charge is 0.373 e. The van der Waals surface area contributed by atoms with Gasteiger partial charge in [0.1, 0.15) is 11.5 Å². The van der Waals surface area contributed by atoms with Crippen molar-refractivity contribution in [2.45, 2.75) is 6.54 Å². The normalized spacial score (nSPS) is 16.8. The van der Waals surface area contributed by atoms with E-state index in [0.29, 0.717) is 37.6 Å². The van der Waals surface area contributed by atoms with Crippen LogP contribution >= 0.6 is 0 Å². The van der Waals surface area contributed by atoms with Crippen molar-refractivity contribution >= 4 is 29.9 Å². The zero-order chi connectivity index (χ0) is 25.7. The van der Waals surface area contributed by atoms with Crippen LogP contribution in [0.4, 0.5) is 4.79 Å². The molecule has 0 atom stereocenters. The van der Waals surface area contributed by atoms with Crippen LogP contribution in [0.5, 0.6) is 11.5 Å². The SMILES string of the molecule is COC(=O)c1ccc(CN2C(=O)NC(=Cc3cccc(OC)c3OCC(=O)N3CCOCC3)C2=O)o1. The summed E-state index contributed by atoms with van der Waals surface area (Å²) in [6.45, 7) is 1.49. The van der Waals surface area contributed by atoms with Crippen LogP contribution in [0, 0.1) is 0 Å². The van der Waals surface area contributed by atoms with Gasteiger partial charge in [0.05, 0.1) is 34.0 Å². The first-order valence-corrected chi connectivity index (χ1v) is 11.1. The number of benzene rings is 1. The lowest BCUT2D eigenvalue weighted by Gasteiger charge is -2.27. The number of furan rings is 1. The fourth-order valence-electron chi connectivity index (χ4n) is 3.70. The highest BCUT2D eigenvalue weighted by Gasteiger charge is 2.35. The van der Waals surface area contributed by atoms with Gasteiger partial charge in [-0.2, -0.15) is 0 Å². The summed E-state index contributed by atoms with van der Waals surface area (Å²) in [5.74, 6) is -0.677. The highest BCUT2D eigenvalue weighted by molar-refractivity contribution is 6.14. The Morgan fingerprint density at radius 3 is 2.61 bits per heavy atom. The molecule has 0 saturated carbocycles. The average molecular weight is 499 g/mol. The molecule has 2 aromatic rings. The zero-order valence-corrected chi connectivity index (χ0v) is 19.8. The van der Waals surface area contributed by atoms with Crippen molar-refractivity contribution in [3.8, 4) is 11.5 Å². The molecule has 36 heavy (non-hydrogen) atoms. The largest absolute Gasteiger partial charge is 0.493 e. The molecule has 0 aliphatic carbocycles. The van der Waals surface area contributed by atoms with E-state index >= 15 is 0 Å². The first-order chi connectivity index (χ1) is 17.4. The number of urea groups is 1. The monoisotopic (exact) mass is 499 g/mol. The average Bonchev–Trinajstić information content (AvgIpc) is 3.48. The lowest BCUT2D eigenvalue weighted by molar-refractivity contribution is -0.137. The highest BCUT2D eigenvalue weighted by atomic mass is 16.5. The number of rotatable bonds is 8. The molecule has 0 radical (unpaired) electrons. The maximum atomic E-state index is 13.0. The minimum absolute atomic E-state index is 0.00245. The van der Waals surface area contributed by atoms with Gasteiger partial charge in [0, 0.05) is 18.7 Å². The van der Waals surface area contributed by atoms with Crippen LogP contribution in [-0.4, -0.2) is 80.7 Å². The molecule has 2 aliphatic heterocycles. The number of amides is 4.